The molecule has 0 saturated heterocycles. The lowest BCUT2D eigenvalue weighted by Gasteiger charge is -2.09. The summed E-state index contributed by atoms with van der Waals surface area (Å²) in [5.74, 6) is 0.835. The predicted octanol–water partition coefficient (Wildman–Crippen LogP) is 4.55. The first-order valence-corrected chi connectivity index (χ1v) is 7.18. The van der Waals surface area contributed by atoms with Gasteiger partial charge in [-0.2, -0.15) is 0 Å². The number of ether oxygens (including phenoxy) is 1. The van der Waals surface area contributed by atoms with E-state index in [0.29, 0.717) is 0 Å². The molecule has 2 N–H and O–H groups in total. The van der Waals surface area contributed by atoms with Gasteiger partial charge in [0.15, 0.2) is 0 Å². The fourth-order valence-corrected chi connectivity index (χ4v) is 2.66. The summed E-state index contributed by atoms with van der Waals surface area (Å²) in [7, 11) is 1.67. The van der Waals surface area contributed by atoms with E-state index >= 15 is 0 Å². The molecule has 0 bridgehead atoms. The van der Waals surface area contributed by atoms with Gasteiger partial charge in [0.2, 0.25) is 0 Å². The molecule has 1 aromatic heterocycles. The average Bonchev–Trinajstić information content (AvgIpc) is 2.92. The third-order valence-corrected chi connectivity index (χ3v) is 3.68. The number of nitrogens with one attached hydrogen (secondary N) is 2. The molecule has 0 fully saturated rings. The van der Waals surface area contributed by atoms with Crippen LogP contribution < -0.4 is 10.1 Å². The molecule has 0 spiro atoms. The minimum Gasteiger partial charge on any atom is -0.497 e. The minimum atomic E-state index is 0.772. The second-order valence-electron chi connectivity index (χ2n) is 4.63. The summed E-state index contributed by atoms with van der Waals surface area (Å²) >= 11 is 3.48. The van der Waals surface area contributed by atoms with E-state index < -0.39 is 0 Å². The molecule has 20 heavy (non-hydrogen) atoms. The van der Waals surface area contributed by atoms with E-state index in [9.17, 15) is 0 Å². The van der Waals surface area contributed by atoms with Crippen LogP contribution in [0.15, 0.2) is 53.1 Å². The van der Waals surface area contributed by atoms with Gasteiger partial charge in [0.1, 0.15) is 5.75 Å². The van der Waals surface area contributed by atoms with Crippen molar-refractivity contribution in [3.05, 3.63) is 58.7 Å². The molecule has 0 saturated carbocycles. The predicted molar refractivity (Wildman–Crippen MR) is 86.3 cm³/mol. The molecule has 102 valence electrons. The molecule has 2 aromatic carbocycles. The minimum absolute atomic E-state index is 0.772. The highest BCUT2D eigenvalue weighted by Gasteiger charge is 2.01. The summed E-state index contributed by atoms with van der Waals surface area (Å²) in [5.41, 5.74) is 3.43. The van der Waals surface area contributed by atoms with E-state index in [1.165, 1.54) is 10.9 Å². The molecule has 3 aromatic rings. The van der Waals surface area contributed by atoms with E-state index in [1.54, 1.807) is 7.11 Å². The van der Waals surface area contributed by atoms with E-state index in [-0.39, 0.29) is 0 Å². The Kier molecular flexibility index (Phi) is 3.65. The summed E-state index contributed by atoms with van der Waals surface area (Å²) in [5, 5.41) is 4.64. The second kappa shape index (κ2) is 5.59. The number of rotatable bonds is 4. The number of aromatic amines is 1. The lowest BCUT2D eigenvalue weighted by molar-refractivity contribution is 0.414. The average molecular weight is 331 g/mol. The van der Waals surface area contributed by atoms with Crippen LogP contribution in [-0.4, -0.2) is 12.1 Å². The van der Waals surface area contributed by atoms with Gasteiger partial charge in [0, 0.05) is 34.5 Å². The van der Waals surface area contributed by atoms with Crippen molar-refractivity contribution in [1.29, 1.82) is 0 Å². The van der Waals surface area contributed by atoms with Crippen molar-refractivity contribution < 1.29 is 4.74 Å². The van der Waals surface area contributed by atoms with Crippen LogP contribution in [0.1, 0.15) is 5.56 Å². The van der Waals surface area contributed by atoms with Gasteiger partial charge < -0.3 is 15.0 Å². The zero-order valence-electron chi connectivity index (χ0n) is 11.1. The van der Waals surface area contributed by atoms with Crippen LogP contribution in [0.4, 0.5) is 5.69 Å². The number of H-pyrrole nitrogens is 1. The van der Waals surface area contributed by atoms with Crippen molar-refractivity contribution in [1.82, 2.24) is 4.98 Å². The van der Waals surface area contributed by atoms with Gasteiger partial charge in [-0.1, -0.05) is 28.1 Å². The van der Waals surface area contributed by atoms with Gasteiger partial charge in [-0.15, -0.1) is 0 Å². The standard InChI is InChI=1S/C16H15BrN2O/c1-20-15-8-13(17)7-14(9-15)19-10-11-2-3-12-4-5-18-16(12)6-11/h2-9,18-19H,10H2,1H3. The topological polar surface area (TPSA) is 37.0 Å². The van der Waals surface area contributed by atoms with Crippen molar-refractivity contribution >= 4 is 32.5 Å². The number of hydrogen-bond acceptors (Lipinski definition) is 2. The maximum atomic E-state index is 5.26. The molecule has 3 nitrogen and oxygen atoms in total. The van der Waals surface area contributed by atoms with Gasteiger partial charge in [-0.05, 0) is 35.2 Å². The number of hydrogen-bond donors (Lipinski definition) is 2. The number of anilines is 1. The third-order valence-electron chi connectivity index (χ3n) is 3.22. The van der Waals surface area contributed by atoms with E-state index in [0.717, 1.165) is 28.0 Å². The number of aromatic nitrogens is 1. The maximum Gasteiger partial charge on any atom is 0.122 e. The number of halogens is 1. The van der Waals surface area contributed by atoms with Crippen LogP contribution in [0.5, 0.6) is 5.75 Å². The van der Waals surface area contributed by atoms with E-state index in [4.69, 9.17) is 4.74 Å². The maximum absolute atomic E-state index is 5.26. The second-order valence-corrected chi connectivity index (χ2v) is 5.55. The molecule has 0 unspecified atom stereocenters. The van der Waals surface area contributed by atoms with Crippen molar-refractivity contribution in [3.8, 4) is 5.75 Å². The summed E-state index contributed by atoms with van der Waals surface area (Å²) in [4.78, 5) is 3.23. The quantitative estimate of drug-likeness (QED) is 0.736. The van der Waals surface area contributed by atoms with Crippen molar-refractivity contribution in [2.24, 2.45) is 0 Å². The Morgan fingerprint density at radius 1 is 1.15 bits per heavy atom. The Balaban J connectivity index is 1.76. The molecule has 0 atom stereocenters. The first kappa shape index (κ1) is 13.1. The van der Waals surface area contributed by atoms with Crippen LogP contribution in [0.2, 0.25) is 0 Å². The third kappa shape index (κ3) is 2.80. The molecular weight excluding hydrogens is 316 g/mol. The monoisotopic (exact) mass is 330 g/mol. The Morgan fingerprint density at radius 2 is 2.05 bits per heavy atom. The zero-order chi connectivity index (χ0) is 13.9. The van der Waals surface area contributed by atoms with Crippen LogP contribution in [-0.2, 0) is 6.54 Å². The Bertz CT molecular complexity index is 736. The summed E-state index contributed by atoms with van der Waals surface area (Å²) in [6.07, 6.45) is 1.96. The van der Waals surface area contributed by atoms with Gasteiger partial charge in [0.05, 0.1) is 7.11 Å². The summed E-state index contributed by atoms with van der Waals surface area (Å²) in [6.45, 7) is 0.772. The van der Waals surface area contributed by atoms with Gasteiger partial charge >= 0.3 is 0 Å². The Hall–Kier alpha value is -1.94. The zero-order valence-corrected chi connectivity index (χ0v) is 12.7. The first-order chi connectivity index (χ1) is 9.74. The molecule has 3 rings (SSSR count). The Morgan fingerprint density at radius 3 is 2.90 bits per heavy atom. The van der Waals surface area contributed by atoms with Gasteiger partial charge in [-0.3, -0.25) is 0 Å². The molecular formula is C16H15BrN2O. The van der Waals surface area contributed by atoms with Crippen LogP contribution in [0.25, 0.3) is 10.9 Å². The van der Waals surface area contributed by atoms with Gasteiger partial charge in [-0.25, -0.2) is 0 Å². The lowest BCUT2D eigenvalue weighted by Crippen LogP contribution is -1.99. The highest BCUT2D eigenvalue weighted by atomic mass is 79.9. The van der Waals surface area contributed by atoms with Crippen LogP contribution >= 0.6 is 15.9 Å². The molecule has 0 aliphatic carbocycles. The molecule has 0 aliphatic rings. The van der Waals surface area contributed by atoms with Crippen molar-refractivity contribution in [2.75, 3.05) is 12.4 Å². The van der Waals surface area contributed by atoms with E-state index in [2.05, 4.69) is 50.5 Å². The smallest absolute Gasteiger partial charge is 0.122 e. The lowest BCUT2D eigenvalue weighted by atomic mass is 10.1. The van der Waals surface area contributed by atoms with Crippen LogP contribution in [0.3, 0.4) is 0 Å². The fourth-order valence-electron chi connectivity index (χ4n) is 2.19. The summed E-state index contributed by atoms with van der Waals surface area (Å²) < 4.78 is 6.26. The Labute approximate surface area is 126 Å². The normalized spacial score (nSPS) is 10.7. The molecule has 1 heterocycles. The van der Waals surface area contributed by atoms with Crippen molar-refractivity contribution in [2.45, 2.75) is 6.54 Å². The molecule has 0 amide bonds. The highest BCUT2D eigenvalue weighted by molar-refractivity contribution is 9.10. The number of fused-ring (bicyclic) bond motifs is 1. The van der Waals surface area contributed by atoms with Gasteiger partial charge in [0.25, 0.3) is 0 Å². The fraction of sp³-hybridized carbons (Fsp3) is 0.125. The largest absolute Gasteiger partial charge is 0.497 e. The van der Waals surface area contributed by atoms with Crippen molar-refractivity contribution in [3.63, 3.8) is 0 Å². The van der Waals surface area contributed by atoms with E-state index in [1.807, 2.05) is 24.4 Å². The van der Waals surface area contributed by atoms with Crippen LogP contribution in [0, 0.1) is 0 Å². The first-order valence-electron chi connectivity index (χ1n) is 6.39. The number of methoxy groups -OCH3 is 1. The highest BCUT2D eigenvalue weighted by Crippen LogP contribution is 2.25. The SMILES string of the molecule is COc1cc(Br)cc(NCc2ccc3cc[nH]c3c2)c1. The summed E-state index contributed by atoms with van der Waals surface area (Å²) in [6, 6.07) is 14.5. The molecule has 0 aliphatic heterocycles. The molecule has 4 heteroatoms. The number of benzene rings is 2. The molecule has 0 radical (unpaired) electrons.